The maximum Gasteiger partial charge on any atom is 0.267 e. The molecule has 112 valence electrons. The summed E-state index contributed by atoms with van der Waals surface area (Å²) in [6, 6.07) is 0. The van der Waals surface area contributed by atoms with E-state index in [2.05, 4.69) is 21.8 Å². The van der Waals surface area contributed by atoms with E-state index >= 15 is 0 Å². The van der Waals surface area contributed by atoms with Crippen molar-refractivity contribution in [1.29, 1.82) is 0 Å². The van der Waals surface area contributed by atoms with E-state index in [4.69, 9.17) is 5.73 Å². The number of amides is 1. The zero-order valence-corrected chi connectivity index (χ0v) is 13.2. The fraction of sp³-hybridized carbons (Fsp3) is 0.692. The van der Waals surface area contributed by atoms with Crippen LogP contribution in [0.2, 0.25) is 0 Å². The zero-order valence-electron chi connectivity index (χ0n) is 12.4. The van der Waals surface area contributed by atoms with E-state index in [1.165, 1.54) is 11.3 Å². The van der Waals surface area contributed by atoms with Crippen molar-refractivity contribution in [3.8, 4) is 0 Å². The van der Waals surface area contributed by atoms with Crippen molar-refractivity contribution >= 4 is 28.2 Å². The first-order chi connectivity index (χ1) is 9.56. The van der Waals surface area contributed by atoms with Gasteiger partial charge >= 0.3 is 0 Å². The van der Waals surface area contributed by atoms with Crippen molar-refractivity contribution in [2.75, 3.05) is 56.9 Å². The summed E-state index contributed by atoms with van der Waals surface area (Å²) >= 11 is 1.41. The summed E-state index contributed by atoms with van der Waals surface area (Å²) in [6.45, 7) is 9.22. The van der Waals surface area contributed by atoms with Crippen LogP contribution in [-0.2, 0) is 0 Å². The van der Waals surface area contributed by atoms with E-state index in [0.717, 1.165) is 31.3 Å². The van der Waals surface area contributed by atoms with Crippen LogP contribution in [0.25, 0.3) is 0 Å². The Bertz CT molecular complexity index is 463. The number of nitrogen functional groups attached to an aromatic ring is 1. The van der Waals surface area contributed by atoms with Gasteiger partial charge in [-0.25, -0.2) is 4.98 Å². The van der Waals surface area contributed by atoms with E-state index in [0.29, 0.717) is 23.8 Å². The standard InChI is InChI=1S/C13H23N5OS/c1-4-17(5-2)12(19)10-11(14)15-13(20-10)18-8-6-16(3)7-9-18/h4-9,14H2,1-3H3. The zero-order chi connectivity index (χ0) is 14.7. The molecule has 2 rings (SSSR count). The van der Waals surface area contributed by atoms with Gasteiger partial charge in [0.25, 0.3) is 5.91 Å². The number of hydrogen-bond donors (Lipinski definition) is 1. The molecule has 2 heterocycles. The van der Waals surface area contributed by atoms with Gasteiger partial charge in [0, 0.05) is 39.3 Å². The molecule has 2 N–H and O–H groups in total. The molecule has 1 aliphatic heterocycles. The molecule has 0 saturated carbocycles. The molecule has 0 aromatic carbocycles. The summed E-state index contributed by atoms with van der Waals surface area (Å²) in [4.78, 5) is 23.6. The Labute approximate surface area is 124 Å². The number of piperazine rings is 1. The average Bonchev–Trinajstić information content (AvgIpc) is 2.83. The molecule has 6 nitrogen and oxygen atoms in total. The first-order valence-corrected chi connectivity index (χ1v) is 7.87. The maximum absolute atomic E-state index is 12.4. The second kappa shape index (κ2) is 6.41. The lowest BCUT2D eigenvalue weighted by atomic mass is 10.3. The number of thiazole rings is 1. The lowest BCUT2D eigenvalue weighted by Crippen LogP contribution is -2.44. The van der Waals surface area contributed by atoms with Crippen LogP contribution >= 0.6 is 11.3 Å². The topological polar surface area (TPSA) is 65.7 Å². The molecule has 1 aromatic heterocycles. The minimum Gasteiger partial charge on any atom is -0.382 e. The number of aromatic nitrogens is 1. The Balaban J connectivity index is 2.15. The molecule has 1 amide bonds. The Morgan fingerprint density at radius 1 is 1.30 bits per heavy atom. The summed E-state index contributed by atoms with van der Waals surface area (Å²) < 4.78 is 0. The van der Waals surface area contributed by atoms with Crippen LogP contribution < -0.4 is 10.6 Å². The normalized spacial score (nSPS) is 16.4. The summed E-state index contributed by atoms with van der Waals surface area (Å²) in [5, 5.41) is 0.867. The Hall–Kier alpha value is -1.34. The van der Waals surface area contributed by atoms with Crippen molar-refractivity contribution in [3.05, 3.63) is 4.88 Å². The second-order valence-electron chi connectivity index (χ2n) is 4.98. The predicted octanol–water partition coefficient (Wildman–Crippen LogP) is 0.959. The Morgan fingerprint density at radius 2 is 1.90 bits per heavy atom. The molecule has 0 radical (unpaired) electrons. The molecule has 0 spiro atoms. The molecule has 1 fully saturated rings. The Kier molecular flexibility index (Phi) is 4.82. The number of carbonyl (C=O) groups excluding carboxylic acids is 1. The van der Waals surface area contributed by atoms with Crippen molar-refractivity contribution < 1.29 is 4.79 Å². The van der Waals surface area contributed by atoms with E-state index in [-0.39, 0.29) is 5.91 Å². The number of rotatable bonds is 4. The van der Waals surface area contributed by atoms with Gasteiger partial charge in [-0.15, -0.1) is 0 Å². The molecule has 7 heteroatoms. The second-order valence-corrected chi connectivity index (χ2v) is 5.96. The van der Waals surface area contributed by atoms with Gasteiger partial charge in [0.05, 0.1) is 0 Å². The number of anilines is 2. The highest BCUT2D eigenvalue weighted by atomic mass is 32.1. The van der Waals surface area contributed by atoms with Crippen LogP contribution in [0, 0.1) is 0 Å². The predicted molar refractivity (Wildman–Crippen MR) is 83.5 cm³/mol. The molecule has 1 aliphatic rings. The van der Waals surface area contributed by atoms with Gasteiger partial charge in [0.2, 0.25) is 0 Å². The van der Waals surface area contributed by atoms with Crippen LogP contribution in [0.5, 0.6) is 0 Å². The summed E-state index contributed by atoms with van der Waals surface area (Å²) in [7, 11) is 2.11. The molecule has 1 saturated heterocycles. The van der Waals surface area contributed by atoms with Gasteiger partial charge in [-0.2, -0.15) is 0 Å². The molecule has 0 aliphatic carbocycles. The van der Waals surface area contributed by atoms with E-state index in [9.17, 15) is 4.79 Å². The average molecular weight is 297 g/mol. The summed E-state index contributed by atoms with van der Waals surface area (Å²) in [5.74, 6) is 0.353. The third-order valence-corrected chi connectivity index (χ3v) is 4.78. The molecule has 0 atom stereocenters. The third kappa shape index (κ3) is 3.04. The lowest BCUT2D eigenvalue weighted by molar-refractivity contribution is 0.0778. The number of hydrogen-bond acceptors (Lipinski definition) is 6. The SMILES string of the molecule is CCN(CC)C(=O)c1sc(N2CCN(C)CC2)nc1N. The molecular weight excluding hydrogens is 274 g/mol. The monoisotopic (exact) mass is 297 g/mol. The van der Waals surface area contributed by atoms with Crippen LogP contribution in [-0.4, -0.2) is 67.0 Å². The number of nitrogens with zero attached hydrogens (tertiary/aromatic N) is 4. The van der Waals surface area contributed by atoms with Crippen LogP contribution in [0.3, 0.4) is 0 Å². The highest BCUT2D eigenvalue weighted by Crippen LogP contribution is 2.29. The van der Waals surface area contributed by atoms with Crippen LogP contribution in [0.4, 0.5) is 10.9 Å². The van der Waals surface area contributed by atoms with Gasteiger partial charge in [-0.1, -0.05) is 11.3 Å². The molecule has 0 unspecified atom stereocenters. The summed E-state index contributed by atoms with van der Waals surface area (Å²) in [5.41, 5.74) is 5.94. The Morgan fingerprint density at radius 3 is 2.45 bits per heavy atom. The molecule has 1 aromatic rings. The van der Waals surface area contributed by atoms with Crippen molar-refractivity contribution in [2.24, 2.45) is 0 Å². The largest absolute Gasteiger partial charge is 0.382 e. The first kappa shape index (κ1) is 15.1. The first-order valence-electron chi connectivity index (χ1n) is 7.05. The highest BCUT2D eigenvalue weighted by molar-refractivity contribution is 7.18. The number of likely N-dealkylation sites (N-methyl/N-ethyl adjacent to an activating group) is 1. The van der Waals surface area contributed by atoms with Crippen LogP contribution in [0.1, 0.15) is 23.5 Å². The molecule has 0 bridgehead atoms. The molecular formula is C13H23N5OS. The van der Waals surface area contributed by atoms with E-state index < -0.39 is 0 Å². The summed E-state index contributed by atoms with van der Waals surface area (Å²) in [6.07, 6.45) is 0. The van der Waals surface area contributed by atoms with Gasteiger partial charge in [0.1, 0.15) is 10.7 Å². The number of nitrogens with two attached hydrogens (primary N) is 1. The van der Waals surface area contributed by atoms with Crippen molar-refractivity contribution in [2.45, 2.75) is 13.8 Å². The van der Waals surface area contributed by atoms with Crippen LogP contribution in [0.15, 0.2) is 0 Å². The lowest BCUT2D eigenvalue weighted by Gasteiger charge is -2.32. The van der Waals surface area contributed by atoms with E-state index in [1.54, 1.807) is 4.90 Å². The third-order valence-electron chi connectivity index (χ3n) is 3.66. The fourth-order valence-electron chi connectivity index (χ4n) is 2.26. The van der Waals surface area contributed by atoms with Crippen molar-refractivity contribution in [3.63, 3.8) is 0 Å². The van der Waals surface area contributed by atoms with Gasteiger partial charge in [0.15, 0.2) is 5.13 Å². The number of carbonyl (C=O) groups is 1. The van der Waals surface area contributed by atoms with Crippen molar-refractivity contribution in [1.82, 2.24) is 14.8 Å². The smallest absolute Gasteiger partial charge is 0.267 e. The minimum atomic E-state index is -0.00891. The van der Waals surface area contributed by atoms with Gasteiger partial charge in [-0.05, 0) is 20.9 Å². The molecule has 20 heavy (non-hydrogen) atoms. The quantitative estimate of drug-likeness (QED) is 0.896. The fourth-order valence-corrected chi connectivity index (χ4v) is 3.27. The minimum absolute atomic E-state index is 0.00891. The van der Waals surface area contributed by atoms with E-state index in [1.807, 2.05) is 13.8 Å². The maximum atomic E-state index is 12.4. The van der Waals surface area contributed by atoms with Gasteiger partial charge in [-0.3, -0.25) is 4.79 Å². The van der Waals surface area contributed by atoms with Gasteiger partial charge < -0.3 is 20.4 Å². The highest BCUT2D eigenvalue weighted by Gasteiger charge is 2.24.